The van der Waals surface area contributed by atoms with Gasteiger partial charge in [0.25, 0.3) is 0 Å². The molecule has 0 unspecified atom stereocenters. The summed E-state index contributed by atoms with van der Waals surface area (Å²) in [7, 11) is 1.62. The number of carbonyl (C=O) groups is 1. The molecule has 1 heterocycles. The molecule has 0 atom stereocenters. The zero-order chi connectivity index (χ0) is 14.2. The minimum Gasteiger partial charge on any atom is -0.477 e. The first-order valence-electron chi connectivity index (χ1n) is 5.39. The molecule has 0 aliphatic heterocycles. The molecule has 19 heavy (non-hydrogen) atoms. The topological polar surface area (TPSA) is 67.2 Å². The molecule has 1 aromatic carbocycles. The van der Waals surface area contributed by atoms with Gasteiger partial charge in [0.05, 0.1) is 10.7 Å². The molecule has 0 bridgehead atoms. The standard InChI is InChI=1S/C12H11ClFN3O2/c1-6-10(12(18)19)11(17(2)16-6)15-7-3-4-9(14)8(13)5-7/h3-5,15H,1-2H3,(H,18,19). The van der Waals surface area contributed by atoms with E-state index in [1.807, 2.05) is 0 Å². The summed E-state index contributed by atoms with van der Waals surface area (Å²) in [4.78, 5) is 11.2. The van der Waals surface area contributed by atoms with Gasteiger partial charge >= 0.3 is 5.97 Å². The number of carboxylic acid groups (broad SMARTS) is 1. The lowest BCUT2D eigenvalue weighted by Crippen LogP contribution is -2.05. The number of aryl methyl sites for hydroxylation is 2. The molecule has 0 spiro atoms. The Morgan fingerprint density at radius 3 is 2.79 bits per heavy atom. The number of anilines is 2. The number of nitrogens with zero attached hydrogens (tertiary/aromatic N) is 2. The van der Waals surface area contributed by atoms with Crippen LogP contribution < -0.4 is 5.32 Å². The Morgan fingerprint density at radius 2 is 2.21 bits per heavy atom. The molecule has 0 saturated heterocycles. The first-order chi connectivity index (χ1) is 8.90. The first kappa shape index (κ1) is 13.4. The summed E-state index contributed by atoms with van der Waals surface area (Å²) in [5.74, 6) is -1.30. The molecule has 0 fully saturated rings. The fourth-order valence-electron chi connectivity index (χ4n) is 1.77. The second-order valence-corrected chi connectivity index (χ2v) is 4.40. The van der Waals surface area contributed by atoms with Crippen LogP contribution in [-0.2, 0) is 7.05 Å². The van der Waals surface area contributed by atoms with E-state index in [4.69, 9.17) is 16.7 Å². The van der Waals surface area contributed by atoms with Crippen molar-refractivity contribution >= 4 is 29.1 Å². The van der Waals surface area contributed by atoms with E-state index >= 15 is 0 Å². The predicted octanol–water partition coefficient (Wildman–Crippen LogP) is 2.96. The first-order valence-corrected chi connectivity index (χ1v) is 5.77. The molecule has 2 aromatic rings. The third-order valence-electron chi connectivity index (χ3n) is 2.62. The van der Waals surface area contributed by atoms with Crippen LogP contribution >= 0.6 is 11.6 Å². The summed E-state index contributed by atoms with van der Waals surface area (Å²) in [5.41, 5.74) is 0.950. The molecule has 2 N–H and O–H groups in total. The van der Waals surface area contributed by atoms with E-state index in [1.54, 1.807) is 14.0 Å². The van der Waals surface area contributed by atoms with Gasteiger partial charge in [-0.05, 0) is 25.1 Å². The fraction of sp³-hybridized carbons (Fsp3) is 0.167. The summed E-state index contributed by atoms with van der Waals surface area (Å²) in [6.07, 6.45) is 0. The molecule has 5 nitrogen and oxygen atoms in total. The minimum absolute atomic E-state index is 0.0410. The van der Waals surface area contributed by atoms with Gasteiger partial charge in [0.1, 0.15) is 17.2 Å². The Kier molecular flexibility index (Phi) is 3.44. The van der Waals surface area contributed by atoms with Gasteiger partial charge in [-0.15, -0.1) is 0 Å². The monoisotopic (exact) mass is 283 g/mol. The summed E-state index contributed by atoms with van der Waals surface area (Å²) >= 11 is 5.67. The Labute approximate surface area is 113 Å². The van der Waals surface area contributed by atoms with Crippen molar-refractivity contribution in [1.82, 2.24) is 9.78 Å². The Morgan fingerprint density at radius 1 is 1.53 bits per heavy atom. The van der Waals surface area contributed by atoms with Crippen LogP contribution in [0.15, 0.2) is 18.2 Å². The van der Waals surface area contributed by atoms with E-state index < -0.39 is 11.8 Å². The lowest BCUT2D eigenvalue weighted by Gasteiger charge is -2.08. The van der Waals surface area contributed by atoms with Crippen LogP contribution in [0.25, 0.3) is 0 Å². The van der Waals surface area contributed by atoms with Crippen molar-refractivity contribution in [2.24, 2.45) is 7.05 Å². The predicted molar refractivity (Wildman–Crippen MR) is 69.6 cm³/mol. The number of benzene rings is 1. The van der Waals surface area contributed by atoms with Crippen molar-refractivity contribution in [1.29, 1.82) is 0 Å². The highest BCUT2D eigenvalue weighted by atomic mass is 35.5. The molecular formula is C12H11ClFN3O2. The van der Waals surface area contributed by atoms with Gasteiger partial charge in [-0.2, -0.15) is 5.10 Å². The van der Waals surface area contributed by atoms with Crippen molar-refractivity contribution in [2.45, 2.75) is 6.92 Å². The van der Waals surface area contributed by atoms with Gasteiger partial charge in [0.15, 0.2) is 0 Å². The number of aromatic carboxylic acids is 1. The van der Waals surface area contributed by atoms with Gasteiger partial charge in [-0.25, -0.2) is 9.18 Å². The number of halogens is 2. The van der Waals surface area contributed by atoms with Gasteiger partial charge in [0, 0.05) is 12.7 Å². The molecule has 0 aliphatic rings. The average molecular weight is 284 g/mol. The largest absolute Gasteiger partial charge is 0.477 e. The summed E-state index contributed by atoms with van der Waals surface area (Å²) in [5, 5.41) is 16.0. The van der Waals surface area contributed by atoms with E-state index in [1.165, 1.54) is 22.9 Å². The highest BCUT2D eigenvalue weighted by molar-refractivity contribution is 6.31. The van der Waals surface area contributed by atoms with E-state index in [9.17, 15) is 9.18 Å². The molecule has 1 aromatic heterocycles. The smallest absolute Gasteiger partial charge is 0.341 e. The number of hydrogen-bond acceptors (Lipinski definition) is 3. The number of carboxylic acids is 1. The molecular weight excluding hydrogens is 273 g/mol. The van der Waals surface area contributed by atoms with Gasteiger partial charge in [0.2, 0.25) is 0 Å². The molecule has 0 amide bonds. The van der Waals surface area contributed by atoms with Gasteiger partial charge in [-0.3, -0.25) is 4.68 Å². The Bertz CT molecular complexity index is 655. The number of aromatic nitrogens is 2. The minimum atomic E-state index is -1.08. The van der Waals surface area contributed by atoms with Crippen molar-refractivity contribution in [3.05, 3.63) is 40.3 Å². The number of nitrogens with one attached hydrogen (secondary N) is 1. The maximum absolute atomic E-state index is 13.1. The highest BCUT2D eigenvalue weighted by Gasteiger charge is 2.19. The Balaban J connectivity index is 2.43. The summed E-state index contributed by atoms with van der Waals surface area (Å²) < 4.78 is 14.5. The van der Waals surface area contributed by atoms with E-state index in [-0.39, 0.29) is 10.6 Å². The van der Waals surface area contributed by atoms with E-state index in [0.717, 1.165) is 0 Å². The molecule has 2 rings (SSSR count). The fourth-order valence-corrected chi connectivity index (χ4v) is 1.95. The second-order valence-electron chi connectivity index (χ2n) is 3.99. The second kappa shape index (κ2) is 4.89. The van der Waals surface area contributed by atoms with E-state index in [0.29, 0.717) is 17.2 Å². The maximum Gasteiger partial charge on any atom is 0.341 e. The third-order valence-corrected chi connectivity index (χ3v) is 2.91. The average Bonchev–Trinajstić information content (AvgIpc) is 2.59. The van der Waals surface area contributed by atoms with Gasteiger partial charge in [-0.1, -0.05) is 11.6 Å². The van der Waals surface area contributed by atoms with Crippen molar-refractivity contribution in [2.75, 3.05) is 5.32 Å². The highest BCUT2D eigenvalue weighted by Crippen LogP contribution is 2.26. The van der Waals surface area contributed by atoms with Crippen LogP contribution in [0.3, 0.4) is 0 Å². The molecule has 0 aliphatic carbocycles. The van der Waals surface area contributed by atoms with Crippen LogP contribution in [0, 0.1) is 12.7 Å². The molecule has 0 saturated carbocycles. The van der Waals surface area contributed by atoms with Crippen molar-refractivity contribution < 1.29 is 14.3 Å². The third kappa shape index (κ3) is 2.53. The van der Waals surface area contributed by atoms with Crippen LogP contribution in [0.4, 0.5) is 15.9 Å². The van der Waals surface area contributed by atoms with Crippen molar-refractivity contribution in [3.63, 3.8) is 0 Å². The summed E-state index contributed by atoms with van der Waals surface area (Å²) in [6.45, 7) is 1.60. The number of rotatable bonds is 3. The van der Waals surface area contributed by atoms with Crippen molar-refractivity contribution in [3.8, 4) is 0 Å². The van der Waals surface area contributed by atoms with Crippen LogP contribution in [0.1, 0.15) is 16.1 Å². The number of hydrogen-bond donors (Lipinski definition) is 2. The normalized spacial score (nSPS) is 10.5. The zero-order valence-corrected chi connectivity index (χ0v) is 11.0. The molecule has 100 valence electrons. The van der Waals surface area contributed by atoms with Gasteiger partial charge < -0.3 is 10.4 Å². The lowest BCUT2D eigenvalue weighted by molar-refractivity contribution is 0.0697. The molecule has 7 heteroatoms. The molecule has 0 radical (unpaired) electrons. The SMILES string of the molecule is Cc1nn(C)c(Nc2ccc(F)c(Cl)c2)c1C(=O)O. The summed E-state index contributed by atoms with van der Waals surface area (Å²) in [6, 6.07) is 4.05. The van der Waals surface area contributed by atoms with E-state index in [2.05, 4.69) is 10.4 Å². The van der Waals surface area contributed by atoms with Crippen LogP contribution in [-0.4, -0.2) is 20.9 Å². The zero-order valence-electron chi connectivity index (χ0n) is 10.2. The lowest BCUT2D eigenvalue weighted by atomic mass is 10.2. The van der Waals surface area contributed by atoms with Crippen LogP contribution in [0.5, 0.6) is 0 Å². The maximum atomic E-state index is 13.1. The van der Waals surface area contributed by atoms with Crippen LogP contribution in [0.2, 0.25) is 5.02 Å². The quantitative estimate of drug-likeness (QED) is 0.909. The Hall–Kier alpha value is -2.08.